The average molecular weight is 392 g/mol. The molecule has 1 aliphatic heterocycles. The molecule has 1 atom stereocenters. The summed E-state index contributed by atoms with van der Waals surface area (Å²) in [6.07, 6.45) is 0. The van der Waals surface area contributed by atoms with Gasteiger partial charge in [-0.05, 0) is 35.9 Å². The van der Waals surface area contributed by atoms with Crippen molar-refractivity contribution in [2.24, 2.45) is 0 Å². The largest absolute Gasteiger partial charge is 0.345 e. The summed E-state index contributed by atoms with van der Waals surface area (Å²) in [5.74, 6) is -0.630. The number of nitrogens with one attached hydrogen (secondary N) is 1. The predicted octanol–water partition coefficient (Wildman–Crippen LogP) is 2.74. The third-order valence-corrected chi connectivity index (χ3v) is 4.50. The number of hydrogen-bond donors (Lipinski definition) is 1. The van der Waals surface area contributed by atoms with Gasteiger partial charge in [-0.3, -0.25) is 9.59 Å². The smallest absolute Gasteiger partial charge is 0.254 e. The third kappa shape index (κ3) is 4.64. The Labute approximate surface area is 164 Å². The highest BCUT2D eigenvalue weighted by Gasteiger charge is 2.29. The topological polar surface area (TPSA) is 52.7 Å². The molecule has 1 fully saturated rings. The Morgan fingerprint density at radius 1 is 1.11 bits per heavy atom. The van der Waals surface area contributed by atoms with Crippen LogP contribution in [0.5, 0.6) is 0 Å². The minimum absolute atomic E-state index is 0. The number of benzene rings is 2. The Morgan fingerprint density at radius 2 is 1.81 bits per heavy atom. The number of rotatable bonds is 3. The number of piperazine rings is 1. The monoisotopic (exact) mass is 391 g/mol. The van der Waals surface area contributed by atoms with Gasteiger partial charge in [-0.25, -0.2) is 4.39 Å². The molecule has 0 saturated carbocycles. The standard InChI is InChI=1S/C20H22FN3O2.ClH/c1-23(2)19(25)15-6-3-7-16(11-15)20(26)24-10-9-22-13-18(24)14-5-4-8-17(21)12-14;/h3-8,11-12,18,22H,9-10,13H2,1-2H3;1H. The van der Waals surface area contributed by atoms with Crippen LogP contribution in [-0.4, -0.2) is 55.3 Å². The fourth-order valence-electron chi connectivity index (χ4n) is 3.17. The zero-order chi connectivity index (χ0) is 18.7. The maximum absolute atomic E-state index is 13.6. The van der Waals surface area contributed by atoms with Gasteiger partial charge in [0.05, 0.1) is 6.04 Å². The third-order valence-electron chi connectivity index (χ3n) is 4.50. The zero-order valence-electron chi connectivity index (χ0n) is 15.3. The van der Waals surface area contributed by atoms with Gasteiger partial charge in [0.2, 0.25) is 0 Å². The summed E-state index contributed by atoms with van der Waals surface area (Å²) in [6.45, 7) is 1.76. The summed E-state index contributed by atoms with van der Waals surface area (Å²) < 4.78 is 13.6. The molecule has 3 rings (SSSR count). The summed E-state index contributed by atoms with van der Waals surface area (Å²) in [4.78, 5) is 28.5. The number of halogens is 2. The van der Waals surface area contributed by atoms with Crippen LogP contribution >= 0.6 is 12.4 Å². The molecule has 1 aliphatic rings. The number of carbonyl (C=O) groups excluding carboxylic acids is 2. The molecule has 2 aromatic carbocycles. The number of amides is 2. The molecular weight excluding hydrogens is 369 g/mol. The first-order valence-corrected chi connectivity index (χ1v) is 8.56. The lowest BCUT2D eigenvalue weighted by atomic mass is 10.0. The number of nitrogens with zero attached hydrogens (tertiary/aromatic N) is 2. The number of hydrogen-bond acceptors (Lipinski definition) is 3. The Balaban J connectivity index is 0.00000261. The summed E-state index contributed by atoms with van der Waals surface area (Å²) in [5.41, 5.74) is 1.69. The molecule has 7 heteroatoms. The second-order valence-corrected chi connectivity index (χ2v) is 6.55. The Hall–Kier alpha value is -2.44. The highest BCUT2D eigenvalue weighted by molar-refractivity contribution is 5.99. The van der Waals surface area contributed by atoms with Crippen LogP contribution in [0.15, 0.2) is 48.5 Å². The van der Waals surface area contributed by atoms with Gasteiger partial charge in [0.25, 0.3) is 11.8 Å². The molecule has 0 spiro atoms. The molecule has 5 nitrogen and oxygen atoms in total. The van der Waals surface area contributed by atoms with E-state index >= 15 is 0 Å². The molecule has 144 valence electrons. The van der Waals surface area contributed by atoms with Crippen LogP contribution in [0.3, 0.4) is 0 Å². The van der Waals surface area contributed by atoms with Crippen molar-refractivity contribution in [1.82, 2.24) is 15.1 Å². The molecule has 0 aromatic heterocycles. The molecule has 1 N–H and O–H groups in total. The van der Waals surface area contributed by atoms with Crippen LogP contribution in [0.4, 0.5) is 4.39 Å². The van der Waals surface area contributed by atoms with Crippen molar-refractivity contribution in [3.63, 3.8) is 0 Å². The van der Waals surface area contributed by atoms with Gasteiger partial charge in [-0.15, -0.1) is 12.4 Å². The Kier molecular flexibility index (Phi) is 6.93. The van der Waals surface area contributed by atoms with Gasteiger partial charge in [-0.1, -0.05) is 18.2 Å². The molecule has 0 radical (unpaired) electrons. The summed E-state index contributed by atoms with van der Waals surface area (Å²) in [6, 6.07) is 12.8. The highest BCUT2D eigenvalue weighted by atomic mass is 35.5. The lowest BCUT2D eigenvalue weighted by Gasteiger charge is -2.36. The minimum atomic E-state index is -0.320. The van der Waals surface area contributed by atoms with Gasteiger partial charge >= 0.3 is 0 Å². The first-order valence-electron chi connectivity index (χ1n) is 8.56. The van der Waals surface area contributed by atoms with Crippen molar-refractivity contribution < 1.29 is 14.0 Å². The van der Waals surface area contributed by atoms with Crippen molar-refractivity contribution >= 4 is 24.2 Å². The van der Waals surface area contributed by atoms with Crippen LogP contribution in [0.25, 0.3) is 0 Å². The van der Waals surface area contributed by atoms with Crippen LogP contribution in [0, 0.1) is 5.82 Å². The minimum Gasteiger partial charge on any atom is -0.345 e. The Morgan fingerprint density at radius 3 is 2.52 bits per heavy atom. The van der Waals surface area contributed by atoms with Gasteiger partial charge in [0, 0.05) is 44.9 Å². The second kappa shape index (κ2) is 8.97. The van der Waals surface area contributed by atoms with Crippen molar-refractivity contribution in [1.29, 1.82) is 0 Å². The quantitative estimate of drug-likeness (QED) is 0.875. The molecule has 27 heavy (non-hydrogen) atoms. The zero-order valence-corrected chi connectivity index (χ0v) is 16.1. The average Bonchev–Trinajstić information content (AvgIpc) is 2.67. The van der Waals surface area contributed by atoms with E-state index < -0.39 is 0 Å². The van der Waals surface area contributed by atoms with E-state index in [4.69, 9.17) is 0 Å². The molecule has 0 aliphatic carbocycles. The SMILES string of the molecule is CN(C)C(=O)c1cccc(C(=O)N2CCNCC2c2cccc(F)c2)c1.Cl. The van der Waals surface area contributed by atoms with E-state index in [-0.39, 0.29) is 36.1 Å². The first-order chi connectivity index (χ1) is 12.5. The second-order valence-electron chi connectivity index (χ2n) is 6.55. The lowest BCUT2D eigenvalue weighted by molar-refractivity contribution is 0.0634. The lowest BCUT2D eigenvalue weighted by Crippen LogP contribution is -2.48. The fraction of sp³-hybridized carbons (Fsp3) is 0.300. The normalized spacial score (nSPS) is 16.4. The molecular formula is C20H23ClFN3O2. The van der Waals surface area contributed by atoms with E-state index in [1.54, 1.807) is 49.3 Å². The Bertz CT molecular complexity index is 828. The van der Waals surface area contributed by atoms with Gasteiger partial charge in [0.1, 0.15) is 5.82 Å². The van der Waals surface area contributed by atoms with Crippen molar-refractivity contribution in [2.75, 3.05) is 33.7 Å². The van der Waals surface area contributed by atoms with E-state index in [1.165, 1.54) is 17.0 Å². The molecule has 1 heterocycles. The molecule has 0 bridgehead atoms. The van der Waals surface area contributed by atoms with E-state index in [0.29, 0.717) is 30.8 Å². The predicted molar refractivity (Wildman–Crippen MR) is 105 cm³/mol. The van der Waals surface area contributed by atoms with Crippen LogP contribution < -0.4 is 5.32 Å². The van der Waals surface area contributed by atoms with Crippen molar-refractivity contribution in [3.8, 4) is 0 Å². The molecule has 1 saturated heterocycles. The van der Waals surface area contributed by atoms with Crippen LogP contribution in [0.1, 0.15) is 32.3 Å². The highest BCUT2D eigenvalue weighted by Crippen LogP contribution is 2.25. The summed E-state index contributed by atoms with van der Waals surface area (Å²) in [7, 11) is 3.35. The van der Waals surface area contributed by atoms with Crippen molar-refractivity contribution in [2.45, 2.75) is 6.04 Å². The van der Waals surface area contributed by atoms with E-state index in [9.17, 15) is 14.0 Å². The maximum atomic E-state index is 13.6. The van der Waals surface area contributed by atoms with E-state index in [0.717, 1.165) is 5.56 Å². The van der Waals surface area contributed by atoms with Crippen molar-refractivity contribution in [3.05, 3.63) is 71.0 Å². The molecule has 1 unspecified atom stereocenters. The summed E-state index contributed by atoms with van der Waals surface area (Å²) >= 11 is 0. The van der Waals surface area contributed by atoms with Crippen LogP contribution in [-0.2, 0) is 0 Å². The molecule has 2 amide bonds. The molecule has 2 aromatic rings. The maximum Gasteiger partial charge on any atom is 0.254 e. The van der Waals surface area contributed by atoms with E-state index in [1.807, 2.05) is 6.07 Å². The van der Waals surface area contributed by atoms with Gasteiger partial charge in [-0.2, -0.15) is 0 Å². The number of carbonyl (C=O) groups is 2. The fourth-order valence-corrected chi connectivity index (χ4v) is 3.17. The van der Waals surface area contributed by atoms with Crippen LogP contribution in [0.2, 0.25) is 0 Å². The van der Waals surface area contributed by atoms with E-state index in [2.05, 4.69) is 5.32 Å². The van der Waals surface area contributed by atoms with Gasteiger partial charge < -0.3 is 15.1 Å². The van der Waals surface area contributed by atoms with Gasteiger partial charge in [0.15, 0.2) is 0 Å². The summed E-state index contributed by atoms with van der Waals surface area (Å²) in [5, 5.41) is 3.26. The first kappa shape index (κ1) is 20.9.